The molecular weight excluding hydrogens is 186 g/mol. The maximum atomic E-state index is 5.95. The Morgan fingerprint density at radius 1 is 1.27 bits per heavy atom. The molecule has 2 nitrogen and oxygen atoms in total. The highest BCUT2D eigenvalue weighted by Gasteiger charge is 2.29. The van der Waals surface area contributed by atoms with Crippen molar-refractivity contribution < 1.29 is 4.74 Å². The van der Waals surface area contributed by atoms with Gasteiger partial charge in [-0.15, -0.1) is 0 Å². The lowest BCUT2D eigenvalue weighted by molar-refractivity contribution is 0.0877. The van der Waals surface area contributed by atoms with E-state index < -0.39 is 0 Å². The summed E-state index contributed by atoms with van der Waals surface area (Å²) in [6.45, 7) is 4.20. The van der Waals surface area contributed by atoms with Gasteiger partial charge in [0.25, 0.3) is 0 Å². The number of benzene rings is 1. The zero-order chi connectivity index (χ0) is 10.8. The summed E-state index contributed by atoms with van der Waals surface area (Å²) in [5.41, 5.74) is 2.49. The number of rotatable bonds is 3. The highest BCUT2D eigenvalue weighted by Crippen LogP contribution is 2.28. The Labute approximate surface area is 91.6 Å². The van der Waals surface area contributed by atoms with Gasteiger partial charge in [-0.1, -0.05) is 12.1 Å². The SMILES string of the molecule is CNC1CC(Oc2cc(C)ccc2C)C1. The van der Waals surface area contributed by atoms with Gasteiger partial charge < -0.3 is 10.1 Å². The first kappa shape index (κ1) is 10.5. The third-order valence-corrected chi connectivity index (χ3v) is 3.14. The fraction of sp³-hybridized carbons (Fsp3) is 0.538. The fourth-order valence-electron chi connectivity index (χ4n) is 1.91. The molecule has 0 bridgehead atoms. The summed E-state index contributed by atoms with van der Waals surface area (Å²) in [5, 5.41) is 3.26. The number of nitrogens with one attached hydrogen (secondary N) is 1. The van der Waals surface area contributed by atoms with E-state index >= 15 is 0 Å². The van der Waals surface area contributed by atoms with Crippen molar-refractivity contribution in [1.82, 2.24) is 5.32 Å². The second kappa shape index (κ2) is 4.23. The number of hydrogen-bond acceptors (Lipinski definition) is 2. The molecule has 1 aromatic rings. The van der Waals surface area contributed by atoms with Gasteiger partial charge in [-0.05, 0) is 50.9 Å². The Hall–Kier alpha value is -1.02. The normalized spacial score (nSPS) is 24.7. The van der Waals surface area contributed by atoms with Gasteiger partial charge in [0.15, 0.2) is 0 Å². The number of hydrogen-bond donors (Lipinski definition) is 1. The largest absolute Gasteiger partial charge is 0.490 e. The van der Waals surface area contributed by atoms with Crippen LogP contribution in [0.1, 0.15) is 24.0 Å². The maximum absolute atomic E-state index is 5.95. The molecule has 2 heteroatoms. The Bertz CT molecular complexity index is 342. The molecular formula is C13H19NO. The minimum absolute atomic E-state index is 0.406. The van der Waals surface area contributed by atoms with Gasteiger partial charge in [0, 0.05) is 6.04 Å². The molecule has 1 fully saturated rings. The van der Waals surface area contributed by atoms with Gasteiger partial charge in [0.05, 0.1) is 0 Å². The number of aryl methyl sites for hydroxylation is 2. The predicted octanol–water partition coefficient (Wildman–Crippen LogP) is 2.43. The molecule has 1 aliphatic rings. The van der Waals surface area contributed by atoms with Gasteiger partial charge in [-0.3, -0.25) is 0 Å². The zero-order valence-corrected chi connectivity index (χ0v) is 9.71. The molecule has 1 aliphatic carbocycles. The summed E-state index contributed by atoms with van der Waals surface area (Å²) < 4.78 is 5.95. The van der Waals surface area contributed by atoms with Gasteiger partial charge >= 0.3 is 0 Å². The highest BCUT2D eigenvalue weighted by atomic mass is 16.5. The van der Waals surface area contributed by atoms with Crippen LogP contribution < -0.4 is 10.1 Å². The van der Waals surface area contributed by atoms with E-state index in [0.29, 0.717) is 12.1 Å². The Kier molecular flexibility index (Phi) is 2.96. The van der Waals surface area contributed by atoms with Crippen LogP contribution in [0.25, 0.3) is 0 Å². The third-order valence-electron chi connectivity index (χ3n) is 3.14. The van der Waals surface area contributed by atoms with Crippen LogP contribution in [-0.2, 0) is 0 Å². The Morgan fingerprint density at radius 2 is 2.00 bits per heavy atom. The van der Waals surface area contributed by atoms with Crippen molar-refractivity contribution in [3.8, 4) is 5.75 Å². The molecule has 0 amide bonds. The molecule has 0 atom stereocenters. The lowest BCUT2D eigenvalue weighted by Gasteiger charge is -2.35. The molecule has 1 saturated carbocycles. The first-order chi connectivity index (χ1) is 7.19. The average molecular weight is 205 g/mol. The first-order valence-electron chi connectivity index (χ1n) is 5.60. The molecule has 0 aromatic heterocycles. The van der Waals surface area contributed by atoms with Gasteiger partial charge in [-0.2, -0.15) is 0 Å². The minimum atomic E-state index is 0.406. The van der Waals surface area contributed by atoms with Gasteiger partial charge in [-0.25, -0.2) is 0 Å². The van der Waals surface area contributed by atoms with E-state index in [0.717, 1.165) is 18.6 Å². The Morgan fingerprint density at radius 3 is 2.67 bits per heavy atom. The summed E-state index contributed by atoms with van der Waals surface area (Å²) in [5.74, 6) is 1.05. The predicted molar refractivity (Wildman–Crippen MR) is 62.4 cm³/mol. The molecule has 0 unspecified atom stereocenters. The molecule has 1 N–H and O–H groups in total. The van der Waals surface area contributed by atoms with Crippen LogP contribution in [0.4, 0.5) is 0 Å². The standard InChI is InChI=1S/C13H19NO/c1-9-4-5-10(2)13(6-9)15-12-7-11(8-12)14-3/h4-6,11-12,14H,7-8H2,1-3H3. The molecule has 82 valence electrons. The molecule has 0 radical (unpaired) electrons. The zero-order valence-electron chi connectivity index (χ0n) is 9.71. The van der Waals surface area contributed by atoms with Crippen LogP contribution in [0.5, 0.6) is 5.75 Å². The summed E-state index contributed by atoms with van der Waals surface area (Å²) in [4.78, 5) is 0. The van der Waals surface area contributed by atoms with Crippen molar-refractivity contribution in [2.75, 3.05) is 7.05 Å². The topological polar surface area (TPSA) is 21.3 Å². The Balaban J connectivity index is 1.97. The van der Waals surface area contributed by atoms with Crippen LogP contribution >= 0.6 is 0 Å². The van der Waals surface area contributed by atoms with Crippen molar-refractivity contribution >= 4 is 0 Å². The maximum Gasteiger partial charge on any atom is 0.122 e. The molecule has 0 spiro atoms. The van der Waals surface area contributed by atoms with Crippen molar-refractivity contribution in [3.63, 3.8) is 0 Å². The monoisotopic (exact) mass is 205 g/mol. The van der Waals surface area contributed by atoms with E-state index in [1.165, 1.54) is 11.1 Å². The lowest BCUT2D eigenvalue weighted by atomic mass is 9.89. The second-order valence-electron chi connectivity index (χ2n) is 4.47. The van der Waals surface area contributed by atoms with Crippen LogP contribution in [0, 0.1) is 13.8 Å². The van der Waals surface area contributed by atoms with E-state index in [2.05, 4.69) is 37.4 Å². The molecule has 1 aromatic carbocycles. The summed E-state index contributed by atoms with van der Waals surface area (Å²) in [6, 6.07) is 7.03. The smallest absolute Gasteiger partial charge is 0.122 e. The van der Waals surface area contributed by atoms with E-state index in [1.54, 1.807) is 0 Å². The fourth-order valence-corrected chi connectivity index (χ4v) is 1.91. The van der Waals surface area contributed by atoms with Crippen molar-refractivity contribution in [1.29, 1.82) is 0 Å². The molecule has 0 heterocycles. The van der Waals surface area contributed by atoms with E-state index in [1.807, 2.05) is 7.05 Å². The summed E-state index contributed by atoms with van der Waals surface area (Å²) in [6.07, 6.45) is 2.66. The first-order valence-corrected chi connectivity index (χ1v) is 5.60. The van der Waals surface area contributed by atoms with Crippen molar-refractivity contribution in [2.45, 2.75) is 38.8 Å². The molecule has 0 saturated heterocycles. The minimum Gasteiger partial charge on any atom is -0.490 e. The summed E-state index contributed by atoms with van der Waals surface area (Å²) in [7, 11) is 2.01. The highest BCUT2D eigenvalue weighted by molar-refractivity contribution is 5.36. The lowest BCUT2D eigenvalue weighted by Crippen LogP contribution is -2.45. The van der Waals surface area contributed by atoms with Crippen molar-refractivity contribution in [3.05, 3.63) is 29.3 Å². The van der Waals surface area contributed by atoms with E-state index in [9.17, 15) is 0 Å². The third kappa shape index (κ3) is 2.32. The number of ether oxygens (including phenoxy) is 1. The van der Waals surface area contributed by atoms with Crippen LogP contribution in [-0.4, -0.2) is 19.2 Å². The van der Waals surface area contributed by atoms with Gasteiger partial charge in [0.2, 0.25) is 0 Å². The molecule has 15 heavy (non-hydrogen) atoms. The average Bonchev–Trinajstić information content (AvgIpc) is 2.16. The van der Waals surface area contributed by atoms with E-state index in [-0.39, 0.29) is 0 Å². The van der Waals surface area contributed by atoms with Crippen molar-refractivity contribution in [2.24, 2.45) is 0 Å². The molecule has 2 rings (SSSR count). The van der Waals surface area contributed by atoms with Gasteiger partial charge in [0.1, 0.15) is 11.9 Å². The summed E-state index contributed by atoms with van der Waals surface area (Å²) >= 11 is 0. The second-order valence-corrected chi connectivity index (χ2v) is 4.47. The molecule has 0 aliphatic heterocycles. The van der Waals surface area contributed by atoms with Crippen LogP contribution in [0.15, 0.2) is 18.2 Å². The van der Waals surface area contributed by atoms with Crippen LogP contribution in [0.3, 0.4) is 0 Å². The quantitative estimate of drug-likeness (QED) is 0.818. The van der Waals surface area contributed by atoms with E-state index in [4.69, 9.17) is 4.74 Å². The van der Waals surface area contributed by atoms with Crippen LogP contribution in [0.2, 0.25) is 0 Å².